The van der Waals surface area contributed by atoms with E-state index in [2.05, 4.69) is 10.1 Å². The van der Waals surface area contributed by atoms with Crippen LogP contribution in [0.3, 0.4) is 0 Å². The lowest BCUT2D eigenvalue weighted by Gasteiger charge is -2.39. The van der Waals surface area contributed by atoms with E-state index in [0.29, 0.717) is 0 Å². The first-order valence-electron chi connectivity index (χ1n) is 5.93. The molecule has 1 aliphatic rings. The number of rotatable bonds is 5. The molecule has 10 heteroatoms. The molecule has 1 aliphatic heterocycles. The molecule has 0 atom stereocenters. The Balaban J connectivity index is 2.75. The second kappa shape index (κ2) is 6.27. The number of piperidine rings is 1. The van der Waals surface area contributed by atoms with Crippen molar-refractivity contribution in [3.05, 3.63) is 0 Å². The van der Waals surface area contributed by atoms with Gasteiger partial charge in [0, 0.05) is 6.54 Å². The molecule has 0 bridgehead atoms. The summed E-state index contributed by atoms with van der Waals surface area (Å²) in [7, 11) is -3.13. The highest BCUT2D eigenvalue weighted by Gasteiger charge is 2.54. The molecule has 118 valence electrons. The monoisotopic (exact) mass is 318 g/mol. The van der Waals surface area contributed by atoms with Crippen LogP contribution in [0.4, 0.5) is 13.2 Å². The van der Waals surface area contributed by atoms with Crippen molar-refractivity contribution in [2.75, 3.05) is 32.5 Å². The molecule has 6 nitrogen and oxygen atoms in total. The number of carbonyl (C=O) groups is 1. The fraction of sp³-hybridized carbons (Fsp3) is 0.900. The average Bonchev–Trinajstić information content (AvgIpc) is 2.36. The number of sulfonamides is 1. The third-order valence-electron chi connectivity index (χ3n) is 3.33. The van der Waals surface area contributed by atoms with Gasteiger partial charge in [0.25, 0.3) is 0 Å². The average molecular weight is 318 g/mol. The first kappa shape index (κ1) is 17.2. The summed E-state index contributed by atoms with van der Waals surface area (Å²) >= 11 is 0. The molecule has 1 fully saturated rings. The third kappa shape index (κ3) is 4.32. The number of hydrogen-bond donors (Lipinski definition) is 2. The van der Waals surface area contributed by atoms with Crippen LogP contribution in [0, 0.1) is 5.41 Å². The van der Waals surface area contributed by atoms with Crippen LogP contribution in [0.5, 0.6) is 0 Å². The van der Waals surface area contributed by atoms with Crippen molar-refractivity contribution in [1.29, 1.82) is 0 Å². The first-order chi connectivity index (χ1) is 9.12. The summed E-state index contributed by atoms with van der Waals surface area (Å²) in [6.07, 6.45) is -4.93. The van der Waals surface area contributed by atoms with E-state index in [1.54, 1.807) is 0 Å². The predicted molar refractivity (Wildman–Crippen MR) is 64.4 cm³/mol. The van der Waals surface area contributed by atoms with E-state index in [1.807, 2.05) is 4.72 Å². The molecule has 1 rings (SSSR count). The Labute approximate surface area is 115 Å². The molecule has 0 aromatic heterocycles. The Hall–Kier alpha value is -0.870. The van der Waals surface area contributed by atoms with E-state index in [-0.39, 0.29) is 25.9 Å². The fourth-order valence-corrected chi connectivity index (χ4v) is 3.01. The van der Waals surface area contributed by atoms with Crippen molar-refractivity contribution < 1.29 is 31.1 Å². The maximum absolute atomic E-state index is 13.1. The summed E-state index contributed by atoms with van der Waals surface area (Å²) in [6.45, 7) is -0.437. The zero-order valence-corrected chi connectivity index (χ0v) is 11.7. The minimum absolute atomic E-state index is 0.165. The smallest absolute Gasteiger partial charge is 0.395 e. The summed E-state index contributed by atoms with van der Waals surface area (Å²) in [6, 6.07) is 0. The number of hydrogen-bond acceptors (Lipinski definition) is 5. The second-order valence-corrected chi connectivity index (χ2v) is 6.49. The molecule has 20 heavy (non-hydrogen) atoms. The molecular weight excluding hydrogens is 301 g/mol. The fourth-order valence-electron chi connectivity index (χ4n) is 1.98. The van der Waals surface area contributed by atoms with Crippen LogP contribution in [-0.4, -0.2) is 53.1 Å². The summed E-state index contributed by atoms with van der Waals surface area (Å²) in [5.41, 5.74) is -2.10. The Bertz CT molecular complexity index is 444. The minimum atomic E-state index is -4.51. The third-order valence-corrected chi connectivity index (χ3v) is 4.53. The first-order valence-corrected chi connectivity index (χ1v) is 7.59. The molecule has 0 aromatic rings. The zero-order chi connectivity index (χ0) is 15.4. The molecule has 0 aliphatic carbocycles. The highest BCUT2D eigenvalue weighted by Crippen LogP contribution is 2.44. The van der Waals surface area contributed by atoms with Crippen molar-refractivity contribution in [1.82, 2.24) is 10.0 Å². The van der Waals surface area contributed by atoms with E-state index in [1.165, 1.54) is 0 Å². The number of halogens is 3. The Morgan fingerprint density at radius 2 is 1.90 bits per heavy atom. The number of ether oxygens (including phenoxy) is 1. The van der Waals surface area contributed by atoms with Crippen molar-refractivity contribution in [3.63, 3.8) is 0 Å². The van der Waals surface area contributed by atoms with Crippen LogP contribution < -0.4 is 10.0 Å². The van der Waals surface area contributed by atoms with Gasteiger partial charge in [0.1, 0.15) is 0 Å². The molecule has 1 heterocycles. The lowest BCUT2D eigenvalue weighted by molar-refractivity contribution is -0.229. The summed E-state index contributed by atoms with van der Waals surface area (Å²) in [5, 5.41) is 2.80. The number of nitrogens with one attached hydrogen (secondary N) is 2. The molecule has 0 unspecified atom stereocenters. The number of methoxy groups -OCH3 is 1. The van der Waals surface area contributed by atoms with Crippen LogP contribution in [0.15, 0.2) is 0 Å². The summed E-state index contributed by atoms with van der Waals surface area (Å²) in [4.78, 5) is 10.9. The normalized spacial score (nSPS) is 19.6. The standard InChI is InChI=1S/C10H17F3N2O4S/c1-19-8(16)6-20(17,18)15-7-9(10(11,12)13)2-4-14-5-3-9/h14-15H,2-7H2,1H3. The van der Waals surface area contributed by atoms with Crippen LogP contribution >= 0.6 is 0 Å². The van der Waals surface area contributed by atoms with Crippen molar-refractivity contribution >= 4 is 16.0 Å². The van der Waals surface area contributed by atoms with Crippen LogP contribution in [0.2, 0.25) is 0 Å². The van der Waals surface area contributed by atoms with Crippen LogP contribution in [0.25, 0.3) is 0 Å². The Morgan fingerprint density at radius 1 is 1.35 bits per heavy atom. The maximum Gasteiger partial charge on any atom is 0.395 e. The Kier molecular flexibility index (Phi) is 5.39. The largest absolute Gasteiger partial charge is 0.468 e. The van der Waals surface area contributed by atoms with Gasteiger partial charge in [0.15, 0.2) is 5.75 Å². The quantitative estimate of drug-likeness (QED) is 0.698. The van der Waals surface area contributed by atoms with Gasteiger partial charge >= 0.3 is 12.1 Å². The van der Waals surface area contributed by atoms with Gasteiger partial charge in [-0.15, -0.1) is 0 Å². The summed E-state index contributed by atoms with van der Waals surface area (Å²) < 4.78 is 68.5. The lowest BCUT2D eigenvalue weighted by Crippen LogP contribution is -2.53. The second-order valence-electron chi connectivity index (χ2n) is 4.68. The van der Waals surface area contributed by atoms with Gasteiger partial charge in [0.2, 0.25) is 10.0 Å². The van der Waals surface area contributed by atoms with E-state index in [4.69, 9.17) is 0 Å². The van der Waals surface area contributed by atoms with Gasteiger partial charge in [-0.1, -0.05) is 0 Å². The molecule has 0 saturated carbocycles. The predicted octanol–water partition coefficient (Wildman–Crippen LogP) is 0.0109. The minimum Gasteiger partial charge on any atom is -0.468 e. The van der Waals surface area contributed by atoms with Gasteiger partial charge < -0.3 is 10.1 Å². The van der Waals surface area contributed by atoms with E-state index >= 15 is 0 Å². The maximum atomic E-state index is 13.1. The molecule has 2 N–H and O–H groups in total. The Morgan fingerprint density at radius 3 is 2.35 bits per heavy atom. The highest BCUT2D eigenvalue weighted by molar-refractivity contribution is 7.90. The highest BCUT2D eigenvalue weighted by atomic mass is 32.2. The summed E-state index contributed by atoms with van der Waals surface area (Å²) in [5.74, 6) is -2.01. The van der Waals surface area contributed by atoms with E-state index in [0.717, 1.165) is 7.11 Å². The molecule has 0 aromatic carbocycles. The van der Waals surface area contributed by atoms with E-state index in [9.17, 15) is 26.4 Å². The molecule has 0 spiro atoms. The van der Waals surface area contributed by atoms with Gasteiger partial charge in [0.05, 0.1) is 12.5 Å². The number of esters is 1. The number of alkyl halides is 3. The van der Waals surface area contributed by atoms with Crippen LogP contribution in [-0.2, 0) is 19.6 Å². The van der Waals surface area contributed by atoms with Gasteiger partial charge in [-0.3, -0.25) is 4.79 Å². The van der Waals surface area contributed by atoms with Crippen LogP contribution in [0.1, 0.15) is 12.8 Å². The topological polar surface area (TPSA) is 84.5 Å². The molecule has 0 radical (unpaired) electrons. The van der Waals surface area contributed by atoms with Gasteiger partial charge in [-0.05, 0) is 25.9 Å². The molecule has 1 saturated heterocycles. The van der Waals surface area contributed by atoms with Gasteiger partial charge in [-0.2, -0.15) is 13.2 Å². The molecule has 0 amide bonds. The van der Waals surface area contributed by atoms with Crippen molar-refractivity contribution in [2.24, 2.45) is 5.41 Å². The number of carbonyl (C=O) groups excluding carboxylic acids is 1. The van der Waals surface area contributed by atoms with Crippen molar-refractivity contribution in [2.45, 2.75) is 19.0 Å². The SMILES string of the molecule is COC(=O)CS(=O)(=O)NCC1(C(F)(F)F)CCNCC1. The van der Waals surface area contributed by atoms with Gasteiger partial charge in [-0.25, -0.2) is 13.1 Å². The lowest BCUT2D eigenvalue weighted by atomic mass is 9.78. The zero-order valence-electron chi connectivity index (χ0n) is 10.9. The van der Waals surface area contributed by atoms with E-state index < -0.39 is 39.9 Å². The van der Waals surface area contributed by atoms with Crippen molar-refractivity contribution in [3.8, 4) is 0 Å². The molecular formula is C10H17F3N2O4S.